The summed E-state index contributed by atoms with van der Waals surface area (Å²) in [4.78, 5) is 2.50. The molecule has 0 bridgehead atoms. The van der Waals surface area contributed by atoms with Gasteiger partial charge in [0.05, 0.1) is 0 Å². The van der Waals surface area contributed by atoms with E-state index in [0.717, 1.165) is 19.5 Å². The van der Waals surface area contributed by atoms with Crippen LogP contribution in [0.4, 0.5) is 0 Å². The van der Waals surface area contributed by atoms with Gasteiger partial charge in [-0.1, -0.05) is 44.2 Å². The van der Waals surface area contributed by atoms with Crippen LogP contribution in [-0.2, 0) is 6.54 Å². The second kappa shape index (κ2) is 7.55. The Balaban J connectivity index is 2.51. The molecule has 0 heterocycles. The molecule has 0 aliphatic carbocycles. The van der Waals surface area contributed by atoms with Crippen LogP contribution in [0.2, 0.25) is 0 Å². The Hall–Kier alpha value is -0.860. The molecule has 102 valence electrons. The van der Waals surface area contributed by atoms with Crippen molar-refractivity contribution in [2.75, 3.05) is 6.54 Å². The SMILES string of the molecule is CC(C)[C@@H](N)CCN(Cc1ccccc1)C(C)C. The topological polar surface area (TPSA) is 29.3 Å². The Morgan fingerprint density at radius 3 is 2.17 bits per heavy atom. The maximum Gasteiger partial charge on any atom is 0.0236 e. The molecule has 0 aliphatic rings. The maximum atomic E-state index is 6.13. The standard InChI is InChI=1S/C16H28N2/c1-13(2)16(17)10-11-18(14(3)4)12-15-8-6-5-7-9-15/h5-9,13-14,16H,10-12,17H2,1-4H3/t16-/m0/s1. The van der Waals surface area contributed by atoms with Crippen LogP contribution in [0.15, 0.2) is 30.3 Å². The minimum absolute atomic E-state index is 0.307. The van der Waals surface area contributed by atoms with Crippen molar-refractivity contribution in [1.29, 1.82) is 0 Å². The highest BCUT2D eigenvalue weighted by Gasteiger charge is 2.13. The fourth-order valence-corrected chi connectivity index (χ4v) is 1.99. The molecular formula is C16H28N2. The number of benzene rings is 1. The average Bonchev–Trinajstić information content (AvgIpc) is 2.34. The Morgan fingerprint density at radius 1 is 1.06 bits per heavy atom. The summed E-state index contributed by atoms with van der Waals surface area (Å²) in [6, 6.07) is 11.5. The first-order valence-electron chi connectivity index (χ1n) is 7.04. The van der Waals surface area contributed by atoms with Gasteiger partial charge in [0, 0.05) is 25.2 Å². The van der Waals surface area contributed by atoms with E-state index in [1.807, 2.05) is 0 Å². The predicted octanol–water partition coefficient (Wildman–Crippen LogP) is 3.27. The highest BCUT2D eigenvalue weighted by Crippen LogP contribution is 2.11. The van der Waals surface area contributed by atoms with Gasteiger partial charge in [-0.3, -0.25) is 4.90 Å². The van der Waals surface area contributed by atoms with Gasteiger partial charge in [0.1, 0.15) is 0 Å². The lowest BCUT2D eigenvalue weighted by Crippen LogP contribution is -2.36. The van der Waals surface area contributed by atoms with Crippen LogP contribution in [0, 0.1) is 5.92 Å². The lowest BCUT2D eigenvalue weighted by Gasteiger charge is -2.28. The average molecular weight is 248 g/mol. The highest BCUT2D eigenvalue weighted by atomic mass is 15.1. The quantitative estimate of drug-likeness (QED) is 0.802. The number of hydrogen-bond donors (Lipinski definition) is 1. The molecule has 1 aromatic carbocycles. The third kappa shape index (κ3) is 5.19. The lowest BCUT2D eigenvalue weighted by molar-refractivity contribution is 0.199. The molecule has 0 unspecified atom stereocenters. The van der Waals surface area contributed by atoms with Gasteiger partial charge in [-0.2, -0.15) is 0 Å². The van der Waals surface area contributed by atoms with E-state index in [1.165, 1.54) is 5.56 Å². The summed E-state index contributed by atoms with van der Waals surface area (Å²) in [5.74, 6) is 0.565. The zero-order valence-electron chi connectivity index (χ0n) is 12.3. The second-order valence-electron chi connectivity index (χ2n) is 5.75. The first kappa shape index (κ1) is 15.2. The smallest absolute Gasteiger partial charge is 0.0236 e. The van der Waals surface area contributed by atoms with Crippen molar-refractivity contribution in [3.05, 3.63) is 35.9 Å². The monoisotopic (exact) mass is 248 g/mol. The molecule has 1 aromatic rings. The van der Waals surface area contributed by atoms with Crippen LogP contribution in [0.3, 0.4) is 0 Å². The Kier molecular flexibility index (Phi) is 6.37. The molecule has 0 amide bonds. The molecular weight excluding hydrogens is 220 g/mol. The van der Waals surface area contributed by atoms with Gasteiger partial charge in [-0.15, -0.1) is 0 Å². The largest absolute Gasteiger partial charge is 0.327 e. The van der Waals surface area contributed by atoms with Crippen molar-refractivity contribution in [2.24, 2.45) is 11.7 Å². The minimum Gasteiger partial charge on any atom is -0.327 e. The highest BCUT2D eigenvalue weighted by molar-refractivity contribution is 5.14. The second-order valence-corrected chi connectivity index (χ2v) is 5.75. The van der Waals surface area contributed by atoms with Crippen molar-refractivity contribution in [2.45, 2.75) is 52.7 Å². The van der Waals surface area contributed by atoms with Crippen molar-refractivity contribution in [3.8, 4) is 0 Å². The molecule has 0 aromatic heterocycles. The summed E-state index contributed by atoms with van der Waals surface area (Å²) in [6.45, 7) is 11.0. The van der Waals surface area contributed by atoms with E-state index in [9.17, 15) is 0 Å². The predicted molar refractivity (Wildman–Crippen MR) is 79.4 cm³/mol. The van der Waals surface area contributed by atoms with Crippen LogP contribution >= 0.6 is 0 Å². The molecule has 18 heavy (non-hydrogen) atoms. The van der Waals surface area contributed by atoms with E-state index in [1.54, 1.807) is 0 Å². The molecule has 0 spiro atoms. The molecule has 0 saturated carbocycles. The van der Waals surface area contributed by atoms with Gasteiger partial charge in [-0.05, 0) is 31.7 Å². The first-order chi connectivity index (χ1) is 8.50. The van der Waals surface area contributed by atoms with E-state index in [2.05, 4.69) is 62.9 Å². The fourth-order valence-electron chi connectivity index (χ4n) is 1.99. The molecule has 2 heteroatoms. The lowest BCUT2D eigenvalue weighted by atomic mass is 10.0. The summed E-state index contributed by atoms with van der Waals surface area (Å²) in [5, 5.41) is 0. The van der Waals surface area contributed by atoms with Gasteiger partial charge in [0.2, 0.25) is 0 Å². The van der Waals surface area contributed by atoms with E-state index >= 15 is 0 Å². The normalized spacial score (nSPS) is 13.6. The molecule has 1 atom stereocenters. The van der Waals surface area contributed by atoms with Crippen LogP contribution < -0.4 is 5.73 Å². The third-order valence-electron chi connectivity index (χ3n) is 3.56. The molecule has 2 nitrogen and oxygen atoms in total. The van der Waals surface area contributed by atoms with Crippen LogP contribution in [0.25, 0.3) is 0 Å². The molecule has 0 radical (unpaired) electrons. The van der Waals surface area contributed by atoms with Crippen LogP contribution in [0.5, 0.6) is 0 Å². The Labute approximate surface area is 112 Å². The summed E-state index contributed by atoms with van der Waals surface area (Å²) >= 11 is 0. The fraction of sp³-hybridized carbons (Fsp3) is 0.625. The van der Waals surface area contributed by atoms with E-state index in [-0.39, 0.29) is 0 Å². The summed E-state index contributed by atoms with van der Waals surface area (Å²) < 4.78 is 0. The van der Waals surface area contributed by atoms with E-state index in [4.69, 9.17) is 5.73 Å². The van der Waals surface area contributed by atoms with E-state index in [0.29, 0.717) is 18.0 Å². The zero-order valence-corrected chi connectivity index (χ0v) is 12.3. The first-order valence-corrected chi connectivity index (χ1v) is 7.04. The molecule has 2 N–H and O–H groups in total. The molecule has 0 saturated heterocycles. The summed E-state index contributed by atoms with van der Waals surface area (Å²) in [7, 11) is 0. The number of rotatable bonds is 7. The van der Waals surface area contributed by atoms with Crippen molar-refractivity contribution >= 4 is 0 Å². The van der Waals surface area contributed by atoms with Crippen molar-refractivity contribution < 1.29 is 0 Å². The van der Waals surface area contributed by atoms with Crippen LogP contribution in [-0.4, -0.2) is 23.5 Å². The number of hydrogen-bond acceptors (Lipinski definition) is 2. The Bertz CT molecular complexity index is 319. The van der Waals surface area contributed by atoms with Gasteiger partial charge in [0.15, 0.2) is 0 Å². The molecule has 0 fully saturated rings. The maximum absolute atomic E-state index is 6.13. The zero-order chi connectivity index (χ0) is 13.5. The molecule has 1 rings (SSSR count). The van der Waals surface area contributed by atoms with Gasteiger partial charge in [0.25, 0.3) is 0 Å². The van der Waals surface area contributed by atoms with Crippen LogP contribution in [0.1, 0.15) is 39.7 Å². The van der Waals surface area contributed by atoms with Crippen molar-refractivity contribution in [1.82, 2.24) is 4.90 Å². The minimum atomic E-state index is 0.307. The third-order valence-corrected chi connectivity index (χ3v) is 3.56. The van der Waals surface area contributed by atoms with E-state index < -0.39 is 0 Å². The van der Waals surface area contributed by atoms with Gasteiger partial charge >= 0.3 is 0 Å². The molecule has 0 aliphatic heterocycles. The number of nitrogens with two attached hydrogens (primary N) is 1. The van der Waals surface area contributed by atoms with Gasteiger partial charge < -0.3 is 5.73 Å². The summed E-state index contributed by atoms with van der Waals surface area (Å²) in [5.41, 5.74) is 7.51. The number of nitrogens with zero attached hydrogens (tertiary/aromatic N) is 1. The van der Waals surface area contributed by atoms with Gasteiger partial charge in [-0.25, -0.2) is 0 Å². The Morgan fingerprint density at radius 2 is 1.67 bits per heavy atom. The summed E-state index contributed by atoms with van der Waals surface area (Å²) in [6.07, 6.45) is 1.07. The van der Waals surface area contributed by atoms with Crippen molar-refractivity contribution in [3.63, 3.8) is 0 Å².